The van der Waals surface area contributed by atoms with Crippen LogP contribution in [0.3, 0.4) is 0 Å². The summed E-state index contributed by atoms with van der Waals surface area (Å²) < 4.78 is 5.49. The molecule has 0 aliphatic carbocycles. The first-order chi connectivity index (χ1) is 14.6. The lowest BCUT2D eigenvalue weighted by Crippen LogP contribution is -2.31. The highest BCUT2D eigenvalue weighted by Crippen LogP contribution is 2.36. The lowest BCUT2D eigenvalue weighted by Gasteiger charge is -2.19. The Morgan fingerprint density at radius 1 is 0.933 bits per heavy atom. The Balaban J connectivity index is 1.69. The molecule has 6 heteroatoms. The largest absolute Gasteiger partial charge is 0.451 e. The van der Waals surface area contributed by atoms with Gasteiger partial charge in [0.05, 0.1) is 11.6 Å². The lowest BCUT2D eigenvalue weighted by molar-refractivity contribution is -0.152. The molecule has 0 spiro atoms. The fraction of sp³-hybridized carbons (Fsp3) is 0.125. The third-order valence-electron chi connectivity index (χ3n) is 4.26. The molecule has 3 aromatic carbocycles. The molecule has 0 saturated heterocycles. The van der Waals surface area contributed by atoms with E-state index in [1.54, 1.807) is 24.3 Å². The zero-order valence-corrected chi connectivity index (χ0v) is 17.1. The average Bonchev–Trinajstić information content (AvgIpc) is 2.79. The smallest absolute Gasteiger partial charge is 0.324 e. The Labute approximate surface area is 179 Å². The summed E-state index contributed by atoms with van der Waals surface area (Å²) in [4.78, 5) is 26.3. The summed E-state index contributed by atoms with van der Waals surface area (Å²) in [6.07, 6.45) is -0.976. The van der Waals surface area contributed by atoms with Gasteiger partial charge < -0.3 is 10.1 Å². The standard InChI is InChI=1S/C24H20N2O3S/c1-17(23(27)26-20-14-12-18(16-25)13-15-20)29-24(28)22(19-8-4-2-5-9-19)30-21-10-6-3-7-11-21/h2-15,17,22H,1H3,(H,26,27)/t17-,22+/m0/s1. The Hall–Kier alpha value is -3.56. The number of anilines is 1. The number of rotatable bonds is 7. The number of carbonyl (C=O) groups excluding carboxylic acids is 2. The fourth-order valence-corrected chi connectivity index (χ4v) is 3.71. The number of nitrogens with zero attached hydrogens (tertiary/aromatic N) is 1. The summed E-state index contributed by atoms with van der Waals surface area (Å²) in [5.41, 5.74) is 1.83. The number of benzene rings is 3. The first kappa shape index (κ1) is 21.2. The molecule has 0 aliphatic rings. The van der Waals surface area contributed by atoms with Crippen LogP contribution >= 0.6 is 11.8 Å². The van der Waals surface area contributed by atoms with Crippen LogP contribution in [0, 0.1) is 11.3 Å². The number of ether oxygens (including phenoxy) is 1. The summed E-state index contributed by atoms with van der Waals surface area (Å²) in [6, 6.07) is 27.4. The second kappa shape index (κ2) is 10.3. The molecule has 0 aromatic heterocycles. The van der Waals surface area contributed by atoms with Gasteiger partial charge in [0.1, 0.15) is 5.25 Å². The van der Waals surface area contributed by atoms with Crippen LogP contribution in [-0.2, 0) is 14.3 Å². The summed E-state index contributed by atoms with van der Waals surface area (Å²) in [6.45, 7) is 1.53. The minimum Gasteiger partial charge on any atom is -0.451 e. The molecule has 1 N–H and O–H groups in total. The third-order valence-corrected chi connectivity index (χ3v) is 5.50. The lowest BCUT2D eigenvalue weighted by atomic mass is 10.1. The maximum Gasteiger partial charge on any atom is 0.324 e. The Bertz CT molecular complexity index is 1030. The summed E-state index contributed by atoms with van der Waals surface area (Å²) in [7, 11) is 0. The maximum atomic E-state index is 12.9. The van der Waals surface area contributed by atoms with Crippen molar-refractivity contribution in [2.75, 3.05) is 5.32 Å². The van der Waals surface area contributed by atoms with Crippen molar-refractivity contribution in [3.05, 3.63) is 96.1 Å². The van der Waals surface area contributed by atoms with Crippen molar-refractivity contribution in [1.82, 2.24) is 0 Å². The van der Waals surface area contributed by atoms with Crippen molar-refractivity contribution in [1.29, 1.82) is 5.26 Å². The van der Waals surface area contributed by atoms with Gasteiger partial charge in [0.2, 0.25) is 0 Å². The highest BCUT2D eigenvalue weighted by atomic mass is 32.2. The minimum atomic E-state index is -0.976. The first-order valence-corrected chi connectivity index (χ1v) is 10.2. The minimum absolute atomic E-state index is 0.440. The SMILES string of the molecule is C[C@H](OC(=O)[C@H](Sc1ccccc1)c1ccccc1)C(=O)Nc1ccc(C#N)cc1. The molecular formula is C24H20N2O3S. The highest BCUT2D eigenvalue weighted by molar-refractivity contribution is 8.00. The third kappa shape index (κ3) is 5.72. The van der Waals surface area contributed by atoms with Crippen LogP contribution in [0.5, 0.6) is 0 Å². The molecule has 0 fully saturated rings. The van der Waals surface area contributed by atoms with Crippen molar-refractivity contribution < 1.29 is 14.3 Å². The van der Waals surface area contributed by atoms with Crippen LogP contribution in [0.25, 0.3) is 0 Å². The first-order valence-electron chi connectivity index (χ1n) is 9.35. The zero-order valence-electron chi connectivity index (χ0n) is 16.3. The average molecular weight is 417 g/mol. The van der Waals surface area contributed by atoms with Crippen LogP contribution in [0.2, 0.25) is 0 Å². The molecule has 150 valence electrons. The molecule has 3 rings (SSSR count). The van der Waals surface area contributed by atoms with E-state index in [1.165, 1.54) is 18.7 Å². The van der Waals surface area contributed by atoms with E-state index < -0.39 is 23.2 Å². The van der Waals surface area contributed by atoms with Gasteiger partial charge in [-0.25, -0.2) is 0 Å². The summed E-state index contributed by atoms with van der Waals surface area (Å²) in [5, 5.41) is 10.9. The van der Waals surface area contributed by atoms with Gasteiger partial charge in [-0.3, -0.25) is 9.59 Å². The number of nitrogens with one attached hydrogen (secondary N) is 1. The number of esters is 1. The van der Waals surface area contributed by atoms with Gasteiger partial charge >= 0.3 is 5.97 Å². The summed E-state index contributed by atoms with van der Waals surface area (Å²) in [5.74, 6) is -0.929. The molecular weight excluding hydrogens is 396 g/mol. The number of nitriles is 1. The quantitative estimate of drug-likeness (QED) is 0.435. The van der Waals surface area contributed by atoms with E-state index in [9.17, 15) is 9.59 Å². The molecule has 2 atom stereocenters. The normalized spacial score (nSPS) is 12.3. The molecule has 0 saturated carbocycles. The van der Waals surface area contributed by atoms with Crippen molar-refractivity contribution in [3.63, 3.8) is 0 Å². The second-order valence-electron chi connectivity index (χ2n) is 6.48. The molecule has 30 heavy (non-hydrogen) atoms. The van der Waals surface area contributed by atoms with E-state index in [-0.39, 0.29) is 0 Å². The molecule has 3 aromatic rings. The van der Waals surface area contributed by atoms with Crippen molar-refractivity contribution >= 4 is 29.3 Å². The van der Waals surface area contributed by atoms with Gasteiger partial charge in [0, 0.05) is 10.6 Å². The van der Waals surface area contributed by atoms with Gasteiger partial charge in [-0.2, -0.15) is 5.26 Å². The van der Waals surface area contributed by atoms with E-state index in [0.717, 1.165) is 10.5 Å². The van der Waals surface area contributed by atoms with Crippen LogP contribution in [-0.4, -0.2) is 18.0 Å². The number of thioether (sulfide) groups is 1. The van der Waals surface area contributed by atoms with Gasteiger partial charge in [0.15, 0.2) is 6.10 Å². The van der Waals surface area contributed by atoms with E-state index >= 15 is 0 Å². The number of amides is 1. The summed E-state index contributed by atoms with van der Waals surface area (Å²) >= 11 is 1.37. The van der Waals surface area contributed by atoms with E-state index in [0.29, 0.717) is 11.3 Å². The van der Waals surface area contributed by atoms with Crippen LogP contribution in [0.15, 0.2) is 89.8 Å². The van der Waals surface area contributed by atoms with Gasteiger partial charge in [0.25, 0.3) is 5.91 Å². The molecule has 0 unspecified atom stereocenters. The number of carbonyl (C=O) groups is 2. The Morgan fingerprint density at radius 3 is 2.13 bits per heavy atom. The fourth-order valence-electron chi connectivity index (χ4n) is 2.68. The van der Waals surface area contributed by atoms with E-state index in [4.69, 9.17) is 10.00 Å². The second-order valence-corrected chi connectivity index (χ2v) is 7.66. The molecule has 0 radical (unpaired) electrons. The Kier molecular flexibility index (Phi) is 7.25. The predicted octanol–water partition coefficient (Wildman–Crippen LogP) is 4.96. The van der Waals surface area contributed by atoms with Crippen molar-refractivity contribution in [3.8, 4) is 6.07 Å². The molecule has 0 heterocycles. The van der Waals surface area contributed by atoms with Gasteiger partial charge in [-0.05, 0) is 48.9 Å². The van der Waals surface area contributed by atoms with Crippen molar-refractivity contribution in [2.45, 2.75) is 23.2 Å². The topological polar surface area (TPSA) is 79.2 Å². The van der Waals surface area contributed by atoms with Crippen LogP contribution in [0.1, 0.15) is 23.3 Å². The molecule has 1 amide bonds. The highest BCUT2D eigenvalue weighted by Gasteiger charge is 2.27. The van der Waals surface area contributed by atoms with E-state index in [2.05, 4.69) is 5.32 Å². The van der Waals surface area contributed by atoms with Gasteiger partial charge in [-0.15, -0.1) is 11.8 Å². The van der Waals surface area contributed by atoms with Crippen molar-refractivity contribution in [2.24, 2.45) is 0 Å². The Morgan fingerprint density at radius 2 is 1.53 bits per heavy atom. The molecule has 0 aliphatic heterocycles. The molecule has 5 nitrogen and oxygen atoms in total. The number of hydrogen-bond acceptors (Lipinski definition) is 5. The number of hydrogen-bond donors (Lipinski definition) is 1. The predicted molar refractivity (Wildman–Crippen MR) is 117 cm³/mol. The van der Waals surface area contributed by atoms with Crippen LogP contribution < -0.4 is 5.32 Å². The monoisotopic (exact) mass is 416 g/mol. The van der Waals surface area contributed by atoms with E-state index in [1.807, 2.05) is 66.7 Å². The maximum absolute atomic E-state index is 12.9. The van der Waals surface area contributed by atoms with Crippen LogP contribution in [0.4, 0.5) is 5.69 Å². The zero-order chi connectivity index (χ0) is 21.3. The molecule has 0 bridgehead atoms. The van der Waals surface area contributed by atoms with Gasteiger partial charge in [-0.1, -0.05) is 48.5 Å².